The molecular weight excluding hydrogens is 319 g/mol. The second kappa shape index (κ2) is 9.72. The van der Waals surface area contributed by atoms with Crippen molar-refractivity contribution in [3.8, 4) is 0 Å². The lowest BCUT2D eigenvalue weighted by Crippen LogP contribution is -2.46. The SMILES string of the molecule is CCCCC[N+]1(CCCC)CCCC1.O=S(=O)([O-])C(F)(F)F. The monoisotopic (exact) mass is 347 g/mol. The molecule has 0 radical (unpaired) electrons. The lowest BCUT2D eigenvalue weighted by molar-refractivity contribution is -0.917. The van der Waals surface area contributed by atoms with Crippen LogP contribution in [0.5, 0.6) is 0 Å². The van der Waals surface area contributed by atoms with Crippen molar-refractivity contribution in [2.24, 2.45) is 0 Å². The van der Waals surface area contributed by atoms with Crippen LogP contribution in [0.3, 0.4) is 0 Å². The molecule has 0 spiro atoms. The summed E-state index contributed by atoms with van der Waals surface area (Å²) in [4.78, 5) is 0. The van der Waals surface area contributed by atoms with Crippen molar-refractivity contribution in [1.82, 2.24) is 0 Å². The molecule has 0 aromatic rings. The van der Waals surface area contributed by atoms with Crippen LogP contribution in [0.1, 0.15) is 58.8 Å². The fourth-order valence-electron chi connectivity index (χ4n) is 2.76. The summed E-state index contributed by atoms with van der Waals surface area (Å²) in [7, 11) is -6.09. The van der Waals surface area contributed by atoms with E-state index in [9.17, 15) is 13.2 Å². The Morgan fingerprint density at radius 2 is 1.36 bits per heavy atom. The van der Waals surface area contributed by atoms with Crippen molar-refractivity contribution >= 4 is 10.1 Å². The van der Waals surface area contributed by atoms with E-state index < -0.39 is 15.6 Å². The average molecular weight is 347 g/mol. The summed E-state index contributed by atoms with van der Waals surface area (Å²) in [6.07, 6.45) is 10.0. The number of quaternary nitrogens is 1. The number of halogens is 3. The predicted octanol–water partition coefficient (Wildman–Crippen LogP) is 3.64. The smallest absolute Gasteiger partial charge is 0.485 e. The molecule has 8 heteroatoms. The summed E-state index contributed by atoms with van der Waals surface area (Å²) in [5.74, 6) is 0. The van der Waals surface area contributed by atoms with Gasteiger partial charge in [0.25, 0.3) is 0 Å². The van der Waals surface area contributed by atoms with E-state index in [0.717, 1.165) is 0 Å². The van der Waals surface area contributed by atoms with E-state index >= 15 is 0 Å². The highest BCUT2D eigenvalue weighted by atomic mass is 32.2. The van der Waals surface area contributed by atoms with Crippen LogP contribution in [0.2, 0.25) is 0 Å². The fourth-order valence-corrected chi connectivity index (χ4v) is 2.76. The molecule has 0 aliphatic carbocycles. The Bertz CT molecular complexity index is 391. The second-order valence-corrected chi connectivity index (χ2v) is 7.27. The Balaban J connectivity index is 0.000000472. The Kier molecular flexibility index (Phi) is 9.57. The Morgan fingerprint density at radius 1 is 0.955 bits per heavy atom. The molecule has 0 aromatic heterocycles. The molecular formula is C14H28F3NO3S. The maximum absolute atomic E-state index is 10.7. The molecule has 22 heavy (non-hydrogen) atoms. The maximum atomic E-state index is 10.7. The van der Waals surface area contributed by atoms with Gasteiger partial charge in [-0.05, 0) is 19.3 Å². The van der Waals surface area contributed by atoms with Gasteiger partial charge in [-0.2, -0.15) is 13.2 Å². The lowest BCUT2D eigenvalue weighted by atomic mass is 10.2. The molecule has 1 aliphatic heterocycles. The van der Waals surface area contributed by atoms with E-state index in [0.29, 0.717) is 0 Å². The van der Waals surface area contributed by atoms with E-state index in [1.54, 1.807) is 0 Å². The van der Waals surface area contributed by atoms with Crippen molar-refractivity contribution < 1.29 is 30.6 Å². The second-order valence-electron chi connectivity index (χ2n) is 5.90. The molecule has 0 aromatic carbocycles. The summed E-state index contributed by atoms with van der Waals surface area (Å²) >= 11 is 0. The van der Waals surface area contributed by atoms with Gasteiger partial charge in [-0.25, -0.2) is 8.42 Å². The third-order valence-electron chi connectivity index (χ3n) is 4.02. The zero-order valence-corrected chi connectivity index (χ0v) is 14.3. The lowest BCUT2D eigenvalue weighted by Gasteiger charge is -2.34. The molecule has 1 rings (SSSR count). The normalized spacial score (nSPS) is 17.9. The quantitative estimate of drug-likeness (QED) is 0.306. The molecule has 0 amide bonds. The van der Waals surface area contributed by atoms with E-state index in [1.807, 2.05) is 0 Å². The number of likely N-dealkylation sites (tertiary alicyclic amines) is 1. The van der Waals surface area contributed by atoms with Gasteiger partial charge in [0, 0.05) is 12.8 Å². The number of hydrogen-bond donors (Lipinski definition) is 0. The van der Waals surface area contributed by atoms with Crippen LogP contribution in [-0.4, -0.2) is 49.1 Å². The first kappa shape index (κ1) is 21.7. The van der Waals surface area contributed by atoms with Crippen LogP contribution in [0.15, 0.2) is 0 Å². The average Bonchev–Trinajstić information content (AvgIpc) is 2.84. The van der Waals surface area contributed by atoms with Crippen LogP contribution in [0.4, 0.5) is 13.2 Å². The summed E-state index contributed by atoms with van der Waals surface area (Å²) in [5.41, 5.74) is -5.65. The molecule has 4 nitrogen and oxygen atoms in total. The van der Waals surface area contributed by atoms with Crippen LogP contribution in [0, 0.1) is 0 Å². The first-order valence-electron chi connectivity index (χ1n) is 7.95. The van der Waals surface area contributed by atoms with E-state index in [4.69, 9.17) is 13.0 Å². The minimum Gasteiger partial charge on any atom is -0.741 e. The molecule has 0 N–H and O–H groups in total. The molecule has 1 aliphatic rings. The van der Waals surface area contributed by atoms with Crippen LogP contribution in [-0.2, 0) is 10.1 Å². The summed E-state index contributed by atoms with van der Waals surface area (Å²) in [5, 5.41) is 0. The van der Waals surface area contributed by atoms with Gasteiger partial charge in [0.05, 0.1) is 26.2 Å². The summed E-state index contributed by atoms with van der Waals surface area (Å²) < 4.78 is 60.4. The highest BCUT2D eigenvalue weighted by Gasteiger charge is 2.37. The highest BCUT2D eigenvalue weighted by molar-refractivity contribution is 7.86. The Morgan fingerprint density at radius 3 is 1.73 bits per heavy atom. The van der Waals surface area contributed by atoms with Gasteiger partial charge >= 0.3 is 5.51 Å². The molecule has 0 atom stereocenters. The standard InChI is InChI=1S/C13H28N.CHF3O3S/c1-3-5-7-11-14(10-6-4-2)12-8-9-13-14;2-1(3,4)8(5,6)7/h3-13H2,1-2H3;(H,5,6,7)/q+1;/p-1. The third-order valence-corrected chi connectivity index (χ3v) is 4.59. The van der Waals surface area contributed by atoms with Gasteiger partial charge in [0.15, 0.2) is 10.1 Å². The first-order valence-corrected chi connectivity index (χ1v) is 9.36. The summed E-state index contributed by atoms with van der Waals surface area (Å²) in [6, 6.07) is 0. The number of hydrogen-bond acceptors (Lipinski definition) is 3. The molecule has 1 fully saturated rings. The number of alkyl halides is 3. The Hall–Kier alpha value is -0.340. The molecule has 0 bridgehead atoms. The van der Waals surface area contributed by atoms with E-state index in [-0.39, 0.29) is 0 Å². The molecule has 134 valence electrons. The molecule has 0 saturated carbocycles. The summed E-state index contributed by atoms with van der Waals surface area (Å²) in [6.45, 7) is 10.5. The van der Waals surface area contributed by atoms with Gasteiger partial charge in [-0.15, -0.1) is 0 Å². The third kappa shape index (κ3) is 8.33. The van der Waals surface area contributed by atoms with Gasteiger partial charge in [0.1, 0.15) is 0 Å². The number of rotatable bonds is 7. The minimum atomic E-state index is -6.09. The minimum absolute atomic E-state index is 1.37. The highest BCUT2D eigenvalue weighted by Crippen LogP contribution is 2.22. The van der Waals surface area contributed by atoms with Crippen molar-refractivity contribution in [3.63, 3.8) is 0 Å². The van der Waals surface area contributed by atoms with Crippen molar-refractivity contribution in [1.29, 1.82) is 0 Å². The predicted molar refractivity (Wildman–Crippen MR) is 79.1 cm³/mol. The zero-order valence-electron chi connectivity index (χ0n) is 13.5. The first-order chi connectivity index (χ1) is 10.1. The fraction of sp³-hybridized carbons (Fsp3) is 1.00. The van der Waals surface area contributed by atoms with Crippen LogP contribution < -0.4 is 0 Å². The van der Waals surface area contributed by atoms with Gasteiger partial charge in [0.2, 0.25) is 0 Å². The van der Waals surface area contributed by atoms with E-state index in [2.05, 4.69) is 13.8 Å². The van der Waals surface area contributed by atoms with Gasteiger partial charge in [-0.1, -0.05) is 26.7 Å². The van der Waals surface area contributed by atoms with Crippen molar-refractivity contribution in [3.05, 3.63) is 0 Å². The largest absolute Gasteiger partial charge is 0.741 e. The van der Waals surface area contributed by atoms with Gasteiger partial charge in [-0.3, -0.25) is 0 Å². The van der Waals surface area contributed by atoms with Crippen LogP contribution in [0.25, 0.3) is 0 Å². The zero-order chi connectivity index (χ0) is 17.3. The van der Waals surface area contributed by atoms with Crippen LogP contribution >= 0.6 is 0 Å². The maximum Gasteiger partial charge on any atom is 0.485 e. The molecule has 0 unspecified atom stereocenters. The van der Waals surface area contributed by atoms with Crippen molar-refractivity contribution in [2.75, 3.05) is 26.2 Å². The number of nitrogens with zero attached hydrogens (tertiary/aromatic N) is 1. The van der Waals surface area contributed by atoms with E-state index in [1.165, 1.54) is 75.6 Å². The molecule has 1 heterocycles. The number of unbranched alkanes of at least 4 members (excludes halogenated alkanes) is 3. The topological polar surface area (TPSA) is 57.2 Å². The van der Waals surface area contributed by atoms with Gasteiger partial charge < -0.3 is 9.04 Å². The Labute approximate surface area is 132 Å². The molecule has 1 saturated heterocycles. The van der Waals surface area contributed by atoms with Crippen molar-refractivity contribution in [2.45, 2.75) is 64.3 Å².